The second kappa shape index (κ2) is 13.8. The van der Waals surface area contributed by atoms with Gasteiger partial charge in [0.2, 0.25) is 23.7 Å². The summed E-state index contributed by atoms with van der Waals surface area (Å²) in [5.41, 5.74) is 4.43. The summed E-state index contributed by atoms with van der Waals surface area (Å²) in [5, 5.41) is 16.2. The molecule has 0 amide bonds. The van der Waals surface area contributed by atoms with E-state index in [2.05, 4.69) is 50.7 Å². The molecule has 0 unspecified atom stereocenters. The fourth-order valence-corrected chi connectivity index (χ4v) is 4.39. The van der Waals surface area contributed by atoms with Crippen LogP contribution in [-0.2, 0) is 13.1 Å². The third-order valence-corrected chi connectivity index (χ3v) is 6.48. The second-order valence-corrected chi connectivity index (χ2v) is 9.44. The van der Waals surface area contributed by atoms with Crippen molar-refractivity contribution in [2.24, 2.45) is 0 Å². The number of H-pyrrole nitrogens is 2. The third kappa shape index (κ3) is 6.68. The summed E-state index contributed by atoms with van der Waals surface area (Å²) >= 11 is 0. The van der Waals surface area contributed by atoms with E-state index in [0.717, 1.165) is 33.5 Å². The van der Waals surface area contributed by atoms with Gasteiger partial charge in [-0.05, 0) is 39.8 Å². The first kappa shape index (κ1) is 30.2. The summed E-state index contributed by atoms with van der Waals surface area (Å²) in [6.45, 7) is 8.08. The van der Waals surface area contributed by atoms with Crippen LogP contribution in [0.5, 0.6) is 11.8 Å². The third-order valence-electron chi connectivity index (χ3n) is 6.48. The molecule has 0 fully saturated rings. The molecule has 0 aliphatic carbocycles. The first-order valence-corrected chi connectivity index (χ1v) is 14.1. The highest BCUT2D eigenvalue weighted by Gasteiger charge is 2.14. The maximum absolute atomic E-state index is 12.4. The number of hydrogen-bond donors (Lipinski definition) is 4. The molecule has 0 bridgehead atoms. The summed E-state index contributed by atoms with van der Waals surface area (Å²) in [5.74, 6) is 1.85. The molecule has 6 heterocycles. The van der Waals surface area contributed by atoms with E-state index >= 15 is 0 Å². The summed E-state index contributed by atoms with van der Waals surface area (Å²) < 4.78 is 39.1. The molecule has 0 aliphatic heterocycles. The molecule has 16 heteroatoms. The van der Waals surface area contributed by atoms with Crippen LogP contribution in [0.25, 0.3) is 22.1 Å². The molecular formula is C28H34F2N12O2. The monoisotopic (exact) mass is 608 g/mol. The van der Waals surface area contributed by atoms with E-state index < -0.39 is 13.3 Å². The summed E-state index contributed by atoms with van der Waals surface area (Å²) in [6, 6.07) is 3.74. The van der Waals surface area contributed by atoms with Crippen molar-refractivity contribution in [3.05, 3.63) is 48.3 Å². The number of hydrogen-bond acceptors (Lipinski definition) is 10. The van der Waals surface area contributed by atoms with Gasteiger partial charge in [0.05, 0.1) is 66.0 Å². The van der Waals surface area contributed by atoms with Crippen LogP contribution >= 0.6 is 0 Å². The average Bonchev–Trinajstić information content (AvgIpc) is 3.80. The number of nitrogens with zero attached hydrogens (tertiary/aromatic N) is 8. The Bertz CT molecular complexity index is 1740. The molecule has 6 rings (SSSR count). The number of alkyl halides is 2. The molecule has 6 aromatic heterocycles. The van der Waals surface area contributed by atoms with Gasteiger partial charge in [-0.2, -0.15) is 30.1 Å². The molecule has 0 spiro atoms. The van der Waals surface area contributed by atoms with Crippen LogP contribution in [0.1, 0.15) is 25.2 Å². The Hall–Kier alpha value is -5.28. The SMILES string of the molecule is CCOc1nc(Nc2cn(CCF)nc2C)nc2[nH]ccc12.CCOc1nc(Nc2cnn(CCF)c2C)nc2[nH]ccc12. The van der Waals surface area contributed by atoms with Crippen molar-refractivity contribution >= 4 is 45.3 Å². The first-order valence-electron chi connectivity index (χ1n) is 14.1. The van der Waals surface area contributed by atoms with E-state index in [-0.39, 0.29) is 13.1 Å². The minimum absolute atomic E-state index is 0.225. The van der Waals surface area contributed by atoms with Crippen molar-refractivity contribution in [3.63, 3.8) is 0 Å². The number of nitrogens with one attached hydrogen (secondary N) is 4. The molecular weight excluding hydrogens is 574 g/mol. The number of anilines is 4. The van der Waals surface area contributed by atoms with Crippen molar-refractivity contribution in [2.45, 2.75) is 40.8 Å². The predicted octanol–water partition coefficient (Wildman–Crippen LogP) is 5.15. The first-order chi connectivity index (χ1) is 21.4. The van der Waals surface area contributed by atoms with Crippen LogP contribution in [0.2, 0.25) is 0 Å². The predicted molar refractivity (Wildman–Crippen MR) is 163 cm³/mol. The molecule has 0 aromatic carbocycles. The lowest BCUT2D eigenvalue weighted by Gasteiger charge is -2.08. The van der Waals surface area contributed by atoms with Crippen LogP contribution < -0.4 is 20.1 Å². The summed E-state index contributed by atoms with van der Waals surface area (Å²) in [4.78, 5) is 23.6. The molecule has 44 heavy (non-hydrogen) atoms. The molecule has 0 radical (unpaired) electrons. The summed E-state index contributed by atoms with van der Waals surface area (Å²) in [7, 11) is 0. The average molecular weight is 609 g/mol. The van der Waals surface area contributed by atoms with Crippen molar-refractivity contribution in [1.82, 2.24) is 49.5 Å². The smallest absolute Gasteiger partial charge is 0.232 e. The van der Waals surface area contributed by atoms with Gasteiger partial charge in [-0.1, -0.05) is 0 Å². The number of ether oxygens (including phenoxy) is 2. The number of rotatable bonds is 12. The molecule has 6 aromatic rings. The van der Waals surface area contributed by atoms with Gasteiger partial charge in [0, 0.05) is 18.6 Å². The lowest BCUT2D eigenvalue weighted by molar-refractivity contribution is 0.331. The van der Waals surface area contributed by atoms with Gasteiger partial charge in [0.15, 0.2) is 0 Å². The van der Waals surface area contributed by atoms with Gasteiger partial charge in [0.25, 0.3) is 0 Å². The Morgan fingerprint density at radius 3 is 1.91 bits per heavy atom. The Kier molecular flexibility index (Phi) is 9.46. The zero-order chi connectivity index (χ0) is 31.1. The molecule has 4 N–H and O–H groups in total. The lowest BCUT2D eigenvalue weighted by atomic mass is 10.4. The highest BCUT2D eigenvalue weighted by molar-refractivity contribution is 5.83. The van der Waals surface area contributed by atoms with Crippen molar-refractivity contribution in [3.8, 4) is 11.8 Å². The van der Waals surface area contributed by atoms with Gasteiger partial charge >= 0.3 is 0 Å². The van der Waals surface area contributed by atoms with Crippen molar-refractivity contribution < 1.29 is 18.3 Å². The standard InChI is InChI=1S/2C14H17FN6O/c1-3-22-13-10-4-6-16-12(10)18-14(19-13)17-11-8-21(7-5-15)20-9(11)2;1-3-22-13-10-4-6-16-12(10)19-14(20-13)18-11-8-17-21(7-5-15)9(11)2/h4,6,8H,3,5,7H2,1-2H3,(H2,16,17,18,19);4,6,8H,3,5,7H2,1-2H3,(H2,16,18,19,20). The molecule has 232 valence electrons. The molecule has 0 saturated carbocycles. The summed E-state index contributed by atoms with van der Waals surface area (Å²) in [6.07, 6.45) is 6.94. The maximum atomic E-state index is 12.4. The number of aryl methyl sites for hydroxylation is 3. The molecule has 0 aliphatic rings. The van der Waals surface area contributed by atoms with Crippen LogP contribution in [0.4, 0.5) is 32.1 Å². The highest BCUT2D eigenvalue weighted by atomic mass is 19.1. The van der Waals surface area contributed by atoms with E-state index in [1.807, 2.05) is 39.8 Å². The Morgan fingerprint density at radius 2 is 1.36 bits per heavy atom. The van der Waals surface area contributed by atoms with E-state index in [4.69, 9.17) is 9.47 Å². The van der Waals surface area contributed by atoms with E-state index in [9.17, 15) is 8.78 Å². The van der Waals surface area contributed by atoms with Crippen LogP contribution in [0.15, 0.2) is 36.9 Å². The van der Waals surface area contributed by atoms with E-state index in [0.29, 0.717) is 48.2 Å². The Balaban J connectivity index is 0.000000175. The van der Waals surface area contributed by atoms with Gasteiger partial charge in [-0.3, -0.25) is 9.36 Å². The zero-order valence-corrected chi connectivity index (χ0v) is 24.9. The van der Waals surface area contributed by atoms with Gasteiger partial charge in [-0.15, -0.1) is 0 Å². The number of aromatic nitrogens is 10. The molecule has 0 atom stereocenters. The van der Waals surface area contributed by atoms with Gasteiger partial charge < -0.3 is 30.1 Å². The largest absolute Gasteiger partial charge is 0.477 e. The Morgan fingerprint density at radius 1 is 0.795 bits per heavy atom. The topological polar surface area (TPSA) is 161 Å². The number of halogens is 2. The van der Waals surface area contributed by atoms with E-state index in [1.54, 1.807) is 34.2 Å². The Labute approximate surface area is 251 Å². The minimum atomic E-state index is -0.458. The fourth-order valence-electron chi connectivity index (χ4n) is 4.39. The molecule has 14 nitrogen and oxygen atoms in total. The molecule has 0 saturated heterocycles. The van der Waals surface area contributed by atoms with Crippen molar-refractivity contribution in [2.75, 3.05) is 37.2 Å². The van der Waals surface area contributed by atoms with E-state index in [1.165, 1.54) is 0 Å². The quantitative estimate of drug-likeness (QED) is 0.146. The normalized spacial score (nSPS) is 11.0. The fraction of sp³-hybridized carbons (Fsp3) is 0.357. The lowest BCUT2D eigenvalue weighted by Crippen LogP contribution is -2.05. The number of fused-ring (bicyclic) bond motifs is 2. The highest BCUT2D eigenvalue weighted by Crippen LogP contribution is 2.27. The van der Waals surface area contributed by atoms with Crippen LogP contribution in [-0.4, -0.2) is 76.0 Å². The minimum Gasteiger partial charge on any atom is -0.477 e. The van der Waals surface area contributed by atoms with Gasteiger partial charge in [-0.25, -0.2) is 8.78 Å². The van der Waals surface area contributed by atoms with Gasteiger partial charge in [0.1, 0.15) is 24.6 Å². The van der Waals surface area contributed by atoms with Crippen LogP contribution in [0, 0.1) is 13.8 Å². The van der Waals surface area contributed by atoms with Crippen molar-refractivity contribution in [1.29, 1.82) is 0 Å². The number of aromatic amines is 2. The zero-order valence-electron chi connectivity index (χ0n) is 24.9. The second-order valence-electron chi connectivity index (χ2n) is 9.44. The van der Waals surface area contributed by atoms with Crippen LogP contribution in [0.3, 0.4) is 0 Å². The maximum Gasteiger partial charge on any atom is 0.232 e.